The van der Waals surface area contributed by atoms with E-state index in [4.69, 9.17) is 0 Å². The van der Waals surface area contributed by atoms with E-state index in [0.29, 0.717) is 11.2 Å². The van der Waals surface area contributed by atoms with Crippen molar-refractivity contribution >= 4 is 11.2 Å². The molecule has 0 saturated carbocycles. The summed E-state index contributed by atoms with van der Waals surface area (Å²) in [4.78, 5) is 23.6. The highest BCUT2D eigenvalue weighted by Crippen LogP contribution is 1.94. The monoisotopic (exact) mass is 139 g/mol. The van der Waals surface area contributed by atoms with E-state index >= 15 is 0 Å². The number of hydrogen-bond donors (Lipinski definition) is 2. The maximum Gasteiger partial charge on any atom is 0.276 e. The first-order chi connectivity index (χ1) is 4.88. The summed E-state index contributed by atoms with van der Waals surface area (Å²) < 4.78 is 0. The van der Waals surface area contributed by atoms with E-state index in [9.17, 15) is 4.79 Å². The SMILES string of the molecule is O=c1[nH][13cH]n[13c]2nc[15nH]c12. The molecule has 5 nitrogen and oxygen atoms in total. The normalized spacial score (nSPS) is 10.4. The fourth-order valence-corrected chi connectivity index (χ4v) is 0.776. The van der Waals surface area contributed by atoms with Crippen molar-refractivity contribution in [2.24, 2.45) is 0 Å². The Bertz CT molecular complexity index is 401. The molecule has 2 aromatic heterocycles. The van der Waals surface area contributed by atoms with Crippen LogP contribution in [0.1, 0.15) is 0 Å². The maximum absolute atomic E-state index is 10.9. The molecule has 50 valence electrons. The zero-order chi connectivity index (χ0) is 6.97. The molecule has 0 aliphatic rings. The Morgan fingerprint density at radius 3 is 2.60 bits per heavy atom. The zero-order valence-electron chi connectivity index (χ0n) is 4.96. The lowest BCUT2D eigenvalue weighted by Crippen LogP contribution is -2.05. The molecule has 0 saturated heterocycles. The third-order valence-corrected chi connectivity index (χ3v) is 1.23. The van der Waals surface area contributed by atoms with E-state index in [2.05, 4.69) is 19.9 Å². The molecule has 5 heteroatoms. The van der Waals surface area contributed by atoms with Gasteiger partial charge in [-0.05, 0) is 0 Å². The number of imidazole rings is 1. The van der Waals surface area contributed by atoms with Crippen LogP contribution >= 0.6 is 0 Å². The maximum atomic E-state index is 10.9. The molecule has 10 heavy (non-hydrogen) atoms. The van der Waals surface area contributed by atoms with Crippen LogP contribution in [0.4, 0.5) is 0 Å². The second-order valence-electron chi connectivity index (χ2n) is 1.83. The fourth-order valence-electron chi connectivity index (χ4n) is 0.776. The number of hydrogen-bond acceptors (Lipinski definition) is 3. The first-order valence-electron chi connectivity index (χ1n) is 2.75. The third kappa shape index (κ3) is 0.540. The molecule has 0 radical (unpaired) electrons. The van der Waals surface area contributed by atoms with Crippen molar-refractivity contribution in [3.8, 4) is 0 Å². The summed E-state index contributed by atoms with van der Waals surface area (Å²) in [5.74, 6) is 0. The van der Waals surface area contributed by atoms with Gasteiger partial charge in [-0.3, -0.25) is 4.79 Å². The Morgan fingerprint density at radius 2 is 1.90 bits per heavy atom. The smallest absolute Gasteiger partial charge is 0.276 e. The predicted molar refractivity (Wildman–Crippen MR) is 34.5 cm³/mol. The van der Waals surface area contributed by atoms with Gasteiger partial charge in [-0.15, -0.1) is 0 Å². The number of fused-ring (bicyclic) bond motifs is 1. The summed E-state index contributed by atoms with van der Waals surface area (Å²) >= 11 is 0. The van der Waals surface area contributed by atoms with Gasteiger partial charge in [-0.25, -0.2) is 9.97 Å². The number of aromatic nitrogens is 4. The van der Waals surface area contributed by atoms with Gasteiger partial charge in [0.05, 0.1) is 12.7 Å². The largest absolute Gasteiger partial charge is 0.339 e. The van der Waals surface area contributed by atoms with Crippen molar-refractivity contribution < 1.29 is 0 Å². The molecular formula is C5H4N4O. The van der Waals surface area contributed by atoms with Crippen LogP contribution in [0.25, 0.3) is 11.2 Å². The molecule has 2 rings (SSSR count). The molecule has 0 unspecified atom stereocenters. The van der Waals surface area contributed by atoms with Crippen molar-refractivity contribution in [1.29, 1.82) is 0 Å². The lowest BCUT2D eigenvalue weighted by atomic mass is 10.8. The molecule has 0 aliphatic heterocycles. The van der Waals surface area contributed by atoms with Crippen LogP contribution in [0.3, 0.4) is 0 Å². The number of H-pyrrole nitrogens is 2. The summed E-state index contributed by atoms with van der Waals surface area (Å²) in [6.45, 7) is 0. The molecule has 0 atom stereocenters. The summed E-state index contributed by atoms with van der Waals surface area (Å²) in [5, 5.41) is 0. The van der Waals surface area contributed by atoms with E-state index in [-0.39, 0.29) is 5.56 Å². The van der Waals surface area contributed by atoms with Crippen LogP contribution in [0.15, 0.2) is 17.4 Å². The molecule has 2 N–H and O–H groups in total. The summed E-state index contributed by atoms with van der Waals surface area (Å²) in [6.07, 6.45) is 2.76. The minimum absolute atomic E-state index is 0.192. The van der Waals surface area contributed by atoms with E-state index < -0.39 is 0 Å². The average molecular weight is 139 g/mol. The van der Waals surface area contributed by atoms with Gasteiger partial charge in [0.2, 0.25) is 0 Å². The van der Waals surface area contributed by atoms with Gasteiger partial charge >= 0.3 is 0 Å². The van der Waals surface area contributed by atoms with Crippen LogP contribution in [0, 0.1) is 0 Å². The van der Waals surface area contributed by atoms with Gasteiger partial charge in [0.1, 0.15) is 0 Å². The molecule has 2 heterocycles. The van der Waals surface area contributed by atoms with Crippen molar-refractivity contribution in [3.63, 3.8) is 0 Å². The number of nitrogens with one attached hydrogen (secondary N) is 2. The minimum Gasteiger partial charge on any atom is -0.339 e. The second kappa shape index (κ2) is 1.66. The molecule has 0 bridgehead atoms. The van der Waals surface area contributed by atoms with Crippen LogP contribution in [-0.2, 0) is 0 Å². The van der Waals surface area contributed by atoms with Crippen molar-refractivity contribution in [3.05, 3.63) is 23.0 Å². The van der Waals surface area contributed by atoms with Gasteiger partial charge in [0.15, 0.2) is 11.2 Å². The Balaban J connectivity index is 3.09. The minimum atomic E-state index is -0.192. The van der Waals surface area contributed by atoms with E-state index in [1.807, 2.05) is 0 Å². The summed E-state index contributed by atoms with van der Waals surface area (Å²) in [5.41, 5.74) is 0.675. The Labute approximate surface area is 55.1 Å². The highest BCUT2D eigenvalue weighted by atomic mass is 16.1. The molecule has 0 aliphatic carbocycles. The lowest BCUT2D eigenvalue weighted by molar-refractivity contribution is 1.15. The Morgan fingerprint density at radius 1 is 1.20 bits per heavy atom. The summed E-state index contributed by atoms with van der Waals surface area (Å²) in [6, 6.07) is 0. The van der Waals surface area contributed by atoms with Crippen LogP contribution < -0.4 is 5.56 Å². The van der Waals surface area contributed by atoms with Crippen molar-refractivity contribution in [1.82, 2.24) is 19.9 Å². The Hall–Kier alpha value is -1.65. The molecule has 0 spiro atoms. The molecular weight excluding hydrogens is 135 g/mol. The standard InChI is InChI=1S/C5H4N4O/c10-5-3-4(7-1-6-3)8-2-9-5/h1-2H,(H2,6,7,8,9,10)/i2+1,4+1,6+1. The van der Waals surface area contributed by atoms with Gasteiger partial charge in [0.25, 0.3) is 5.56 Å². The van der Waals surface area contributed by atoms with Crippen molar-refractivity contribution in [2.45, 2.75) is 0 Å². The van der Waals surface area contributed by atoms with E-state index in [1.165, 1.54) is 12.7 Å². The molecule has 0 aromatic carbocycles. The Kier molecular flexibility index (Phi) is 0.858. The molecule has 0 fully saturated rings. The van der Waals surface area contributed by atoms with Crippen LogP contribution in [0.2, 0.25) is 0 Å². The number of nitrogens with zero attached hydrogens (tertiary/aromatic N) is 2. The van der Waals surface area contributed by atoms with Gasteiger partial charge in [0, 0.05) is 0 Å². The second-order valence-corrected chi connectivity index (χ2v) is 1.83. The topological polar surface area (TPSA) is 74.4 Å². The first-order valence-corrected chi connectivity index (χ1v) is 2.75. The van der Waals surface area contributed by atoms with Crippen LogP contribution in [0.5, 0.6) is 0 Å². The molecule has 2 aromatic rings. The van der Waals surface area contributed by atoms with Gasteiger partial charge < -0.3 is 9.97 Å². The quantitative estimate of drug-likeness (QED) is 0.523. The van der Waals surface area contributed by atoms with E-state index in [0.717, 1.165) is 0 Å². The molecule has 0 amide bonds. The van der Waals surface area contributed by atoms with Crippen LogP contribution in [-0.4, -0.2) is 19.9 Å². The highest BCUT2D eigenvalue weighted by molar-refractivity contribution is 5.67. The highest BCUT2D eigenvalue weighted by Gasteiger charge is 1.97. The zero-order valence-corrected chi connectivity index (χ0v) is 4.96. The third-order valence-electron chi connectivity index (χ3n) is 1.23. The summed E-state index contributed by atoms with van der Waals surface area (Å²) in [7, 11) is 0. The van der Waals surface area contributed by atoms with Gasteiger partial charge in [-0.1, -0.05) is 0 Å². The average Bonchev–Trinajstić information content (AvgIpc) is 2.36. The predicted octanol–water partition coefficient (Wildman–Crippen LogP) is -0.354. The van der Waals surface area contributed by atoms with Gasteiger partial charge in [-0.2, -0.15) is 0 Å². The fraction of sp³-hybridized carbons (Fsp3) is 0. The number of rotatable bonds is 0. The number of aromatic amines is 2. The lowest BCUT2D eigenvalue weighted by Gasteiger charge is -1.81. The van der Waals surface area contributed by atoms with Crippen molar-refractivity contribution in [2.75, 3.05) is 0 Å². The van der Waals surface area contributed by atoms with E-state index in [1.54, 1.807) is 0 Å². The first kappa shape index (κ1) is 5.16.